The van der Waals surface area contributed by atoms with E-state index in [1.807, 2.05) is 12.1 Å². The van der Waals surface area contributed by atoms with Crippen LogP contribution >= 0.6 is 0 Å². The zero-order valence-electron chi connectivity index (χ0n) is 12.3. The summed E-state index contributed by atoms with van der Waals surface area (Å²) in [4.78, 5) is 12.7. The first-order valence-corrected chi connectivity index (χ1v) is 7.38. The highest BCUT2D eigenvalue weighted by Gasteiger charge is 2.41. The molecule has 1 fully saturated rings. The quantitative estimate of drug-likeness (QED) is 0.895. The first kappa shape index (κ1) is 14.6. The maximum absolute atomic E-state index is 12.7. The van der Waals surface area contributed by atoms with Gasteiger partial charge in [0.2, 0.25) is 5.91 Å². The SMILES string of the molecule is CC(C)CC1(C(=O)Nc2ccccc2C#N)CCCC1. The molecule has 106 valence electrons. The largest absolute Gasteiger partial charge is 0.324 e. The monoisotopic (exact) mass is 270 g/mol. The van der Waals surface area contributed by atoms with Gasteiger partial charge >= 0.3 is 0 Å². The van der Waals surface area contributed by atoms with Crippen molar-refractivity contribution in [3.63, 3.8) is 0 Å². The fourth-order valence-electron chi connectivity index (χ4n) is 3.30. The van der Waals surface area contributed by atoms with E-state index in [0.29, 0.717) is 17.2 Å². The van der Waals surface area contributed by atoms with Crippen LogP contribution in [-0.2, 0) is 4.79 Å². The molecule has 1 saturated carbocycles. The number of para-hydroxylation sites is 1. The normalized spacial score (nSPS) is 16.9. The molecule has 0 aromatic heterocycles. The van der Waals surface area contributed by atoms with Gasteiger partial charge in [0.25, 0.3) is 0 Å². The number of hydrogen-bond donors (Lipinski definition) is 1. The molecule has 0 bridgehead atoms. The topological polar surface area (TPSA) is 52.9 Å². The van der Waals surface area contributed by atoms with Crippen molar-refractivity contribution in [2.24, 2.45) is 11.3 Å². The Kier molecular flexibility index (Phi) is 4.44. The second-order valence-corrected chi connectivity index (χ2v) is 6.20. The lowest BCUT2D eigenvalue weighted by Gasteiger charge is -2.29. The Morgan fingerprint density at radius 1 is 1.35 bits per heavy atom. The lowest BCUT2D eigenvalue weighted by atomic mass is 9.77. The Morgan fingerprint density at radius 2 is 2.00 bits per heavy atom. The Bertz CT molecular complexity index is 522. The maximum atomic E-state index is 12.7. The molecule has 0 radical (unpaired) electrons. The number of amides is 1. The van der Waals surface area contributed by atoms with E-state index in [1.54, 1.807) is 12.1 Å². The van der Waals surface area contributed by atoms with E-state index in [9.17, 15) is 4.79 Å². The van der Waals surface area contributed by atoms with E-state index in [2.05, 4.69) is 25.2 Å². The van der Waals surface area contributed by atoms with Crippen LogP contribution in [0.25, 0.3) is 0 Å². The lowest BCUT2D eigenvalue weighted by molar-refractivity contribution is -0.126. The van der Waals surface area contributed by atoms with E-state index in [1.165, 1.54) is 0 Å². The van der Waals surface area contributed by atoms with Crippen molar-refractivity contribution in [2.45, 2.75) is 46.0 Å². The standard InChI is InChI=1S/C17H22N2O/c1-13(2)11-17(9-5-6-10-17)16(20)19-15-8-4-3-7-14(15)12-18/h3-4,7-8,13H,5-6,9-11H2,1-2H3,(H,19,20). The van der Waals surface area contributed by atoms with Gasteiger partial charge in [-0.1, -0.05) is 38.8 Å². The van der Waals surface area contributed by atoms with Gasteiger partial charge in [0.15, 0.2) is 0 Å². The molecule has 1 N–H and O–H groups in total. The molecule has 1 amide bonds. The van der Waals surface area contributed by atoms with Crippen molar-refractivity contribution in [1.82, 2.24) is 0 Å². The average molecular weight is 270 g/mol. The molecule has 0 atom stereocenters. The Balaban J connectivity index is 2.19. The van der Waals surface area contributed by atoms with Crippen molar-refractivity contribution < 1.29 is 4.79 Å². The summed E-state index contributed by atoms with van der Waals surface area (Å²) < 4.78 is 0. The molecule has 2 rings (SSSR count). The molecule has 0 aliphatic heterocycles. The molecule has 3 heteroatoms. The van der Waals surface area contributed by atoms with Crippen LogP contribution in [0, 0.1) is 22.7 Å². The summed E-state index contributed by atoms with van der Waals surface area (Å²) >= 11 is 0. The van der Waals surface area contributed by atoms with Gasteiger partial charge in [-0.15, -0.1) is 0 Å². The summed E-state index contributed by atoms with van der Waals surface area (Å²) in [6, 6.07) is 9.33. The van der Waals surface area contributed by atoms with Gasteiger partial charge in [-0.2, -0.15) is 5.26 Å². The van der Waals surface area contributed by atoms with Crippen LogP contribution in [0.2, 0.25) is 0 Å². The van der Waals surface area contributed by atoms with Crippen LogP contribution < -0.4 is 5.32 Å². The van der Waals surface area contributed by atoms with Crippen LogP contribution in [0.3, 0.4) is 0 Å². The summed E-state index contributed by atoms with van der Waals surface area (Å²) in [5, 5.41) is 12.1. The number of hydrogen-bond acceptors (Lipinski definition) is 2. The van der Waals surface area contributed by atoms with Crippen LogP contribution in [0.5, 0.6) is 0 Å². The van der Waals surface area contributed by atoms with Crippen molar-refractivity contribution >= 4 is 11.6 Å². The third kappa shape index (κ3) is 3.01. The number of anilines is 1. The Morgan fingerprint density at radius 3 is 2.60 bits per heavy atom. The van der Waals surface area contributed by atoms with Gasteiger partial charge in [0, 0.05) is 5.41 Å². The molecular weight excluding hydrogens is 248 g/mol. The van der Waals surface area contributed by atoms with Crippen LogP contribution in [0.1, 0.15) is 51.5 Å². The summed E-state index contributed by atoms with van der Waals surface area (Å²) in [6.07, 6.45) is 5.10. The smallest absolute Gasteiger partial charge is 0.230 e. The second kappa shape index (κ2) is 6.09. The Hall–Kier alpha value is -1.82. The molecule has 0 spiro atoms. The number of rotatable bonds is 4. The maximum Gasteiger partial charge on any atom is 0.230 e. The molecule has 0 saturated heterocycles. The number of carbonyl (C=O) groups excluding carboxylic acids is 1. The van der Waals surface area contributed by atoms with Gasteiger partial charge in [-0.3, -0.25) is 4.79 Å². The first-order valence-electron chi connectivity index (χ1n) is 7.38. The zero-order chi connectivity index (χ0) is 14.6. The molecule has 3 nitrogen and oxygen atoms in total. The van der Waals surface area contributed by atoms with Gasteiger partial charge in [-0.05, 0) is 37.3 Å². The second-order valence-electron chi connectivity index (χ2n) is 6.20. The lowest BCUT2D eigenvalue weighted by Crippen LogP contribution is -2.35. The van der Waals surface area contributed by atoms with Crippen molar-refractivity contribution in [3.8, 4) is 6.07 Å². The van der Waals surface area contributed by atoms with Crippen molar-refractivity contribution in [1.29, 1.82) is 5.26 Å². The fourth-order valence-corrected chi connectivity index (χ4v) is 3.30. The molecular formula is C17H22N2O. The highest BCUT2D eigenvalue weighted by atomic mass is 16.2. The van der Waals surface area contributed by atoms with Crippen LogP contribution in [0.15, 0.2) is 24.3 Å². The molecule has 0 unspecified atom stereocenters. The van der Waals surface area contributed by atoms with Crippen LogP contribution in [0.4, 0.5) is 5.69 Å². The molecule has 1 aromatic carbocycles. The predicted octanol–water partition coefficient (Wildman–Crippen LogP) is 4.10. The van der Waals surface area contributed by atoms with Crippen LogP contribution in [-0.4, -0.2) is 5.91 Å². The predicted molar refractivity (Wildman–Crippen MR) is 80.1 cm³/mol. The summed E-state index contributed by atoms with van der Waals surface area (Å²) in [6.45, 7) is 4.33. The van der Waals surface area contributed by atoms with Crippen molar-refractivity contribution in [3.05, 3.63) is 29.8 Å². The highest BCUT2D eigenvalue weighted by molar-refractivity contribution is 5.96. The van der Waals surface area contributed by atoms with E-state index in [0.717, 1.165) is 32.1 Å². The minimum absolute atomic E-state index is 0.0893. The summed E-state index contributed by atoms with van der Waals surface area (Å²) in [7, 11) is 0. The molecule has 1 aromatic rings. The van der Waals surface area contributed by atoms with E-state index in [-0.39, 0.29) is 11.3 Å². The Labute approximate surface area is 121 Å². The molecule has 20 heavy (non-hydrogen) atoms. The van der Waals surface area contributed by atoms with E-state index in [4.69, 9.17) is 5.26 Å². The summed E-state index contributed by atoms with van der Waals surface area (Å²) in [5.74, 6) is 0.594. The van der Waals surface area contributed by atoms with Crippen molar-refractivity contribution in [2.75, 3.05) is 5.32 Å². The van der Waals surface area contributed by atoms with Gasteiger partial charge in [-0.25, -0.2) is 0 Å². The zero-order valence-corrected chi connectivity index (χ0v) is 12.3. The molecule has 0 heterocycles. The minimum Gasteiger partial charge on any atom is -0.324 e. The fraction of sp³-hybridized carbons (Fsp3) is 0.529. The third-order valence-corrected chi connectivity index (χ3v) is 4.14. The van der Waals surface area contributed by atoms with Gasteiger partial charge in [0.1, 0.15) is 6.07 Å². The van der Waals surface area contributed by atoms with E-state index >= 15 is 0 Å². The first-order chi connectivity index (χ1) is 9.57. The van der Waals surface area contributed by atoms with Gasteiger partial charge < -0.3 is 5.32 Å². The highest BCUT2D eigenvalue weighted by Crippen LogP contribution is 2.44. The number of nitriles is 1. The average Bonchev–Trinajstić information content (AvgIpc) is 2.88. The minimum atomic E-state index is -0.239. The third-order valence-electron chi connectivity index (χ3n) is 4.14. The number of carbonyl (C=O) groups is 1. The van der Waals surface area contributed by atoms with Gasteiger partial charge in [0.05, 0.1) is 11.3 Å². The number of benzene rings is 1. The molecule has 1 aliphatic rings. The number of nitrogens with one attached hydrogen (secondary N) is 1. The summed E-state index contributed by atoms with van der Waals surface area (Å²) in [5.41, 5.74) is 0.921. The van der Waals surface area contributed by atoms with E-state index < -0.39 is 0 Å². The number of nitrogens with zero attached hydrogens (tertiary/aromatic N) is 1. The molecule has 1 aliphatic carbocycles.